The molecule has 3 rings (SSSR count). The monoisotopic (exact) mass is 507 g/mol. The Morgan fingerprint density at radius 3 is 2.24 bits per heavy atom. The van der Waals surface area contributed by atoms with Gasteiger partial charge in [-0.3, -0.25) is 19.2 Å². The van der Waals surface area contributed by atoms with Crippen LogP contribution in [-0.4, -0.2) is 54.7 Å². The fourth-order valence-electron chi connectivity index (χ4n) is 3.63. The first-order valence-corrected chi connectivity index (χ1v) is 12.1. The Hall–Kier alpha value is -3.28. The van der Waals surface area contributed by atoms with Crippen molar-refractivity contribution in [3.63, 3.8) is 0 Å². The number of halogens is 1. The quantitative estimate of drug-likeness (QED) is 0.488. The predicted octanol–water partition coefficient (Wildman–Crippen LogP) is 1.56. The highest BCUT2D eigenvalue weighted by Gasteiger charge is 2.44. The lowest BCUT2D eigenvalue weighted by molar-refractivity contribution is -0.143. The first-order chi connectivity index (χ1) is 16.0. The van der Waals surface area contributed by atoms with Crippen LogP contribution in [0.1, 0.15) is 24.8 Å². The number of rotatable bonds is 9. The van der Waals surface area contributed by atoms with Gasteiger partial charge in [-0.25, -0.2) is 18.5 Å². The van der Waals surface area contributed by atoms with Crippen molar-refractivity contribution in [1.82, 2.24) is 4.90 Å². The predicted molar refractivity (Wildman–Crippen MR) is 122 cm³/mol. The molecule has 0 bridgehead atoms. The minimum atomic E-state index is -3.86. The first-order valence-electron chi connectivity index (χ1n) is 10.2. The van der Waals surface area contributed by atoms with Crippen molar-refractivity contribution in [2.75, 3.05) is 11.4 Å². The van der Waals surface area contributed by atoms with Crippen LogP contribution in [0.2, 0.25) is 5.02 Å². The molecule has 2 aromatic carbocycles. The van der Waals surface area contributed by atoms with Gasteiger partial charge in [0.05, 0.1) is 23.4 Å². The van der Waals surface area contributed by atoms with Crippen molar-refractivity contribution in [2.45, 2.75) is 36.6 Å². The van der Waals surface area contributed by atoms with E-state index in [4.69, 9.17) is 21.8 Å². The van der Waals surface area contributed by atoms with E-state index in [1.807, 2.05) is 0 Å². The summed E-state index contributed by atoms with van der Waals surface area (Å²) < 4.78 is 22.9. The van der Waals surface area contributed by atoms with Crippen molar-refractivity contribution in [3.8, 4) is 0 Å². The third-order valence-corrected chi connectivity index (χ3v) is 6.53. The average Bonchev–Trinajstić information content (AvgIpc) is 3.06. The minimum Gasteiger partial charge on any atom is -0.481 e. The molecular weight excluding hydrogens is 486 g/mol. The second-order valence-corrected chi connectivity index (χ2v) is 9.68. The number of hydrogen-bond donors (Lipinski definition) is 2. The van der Waals surface area contributed by atoms with E-state index in [1.165, 1.54) is 53.4 Å². The Morgan fingerprint density at radius 1 is 1.06 bits per heavy atom. The Kier molecular flexibility index (Phi) is 7.70. The van der Waals surface area contributed by atoms with Crippen molar-refractivity contribution >= 4 is 51.0 Å². The topological polar surface area (TPSA) is 155 Å². The van der Waals surface area contributed by atoms with Gasteiger partial charge in [0.25, 0.3) is 5.91 Å². The zero-order valence-corrected chi connectivity index (χ0v) is 19.5. The van der Waals surface area contributed by atoms with E-state index in [-0.39, 0.29) is 30.7 Å². The maximum atomic E-state index is 13.1. The van der Waals surface area contributed by atoms with Crippen LogP contribution in [0.15, 0.2) is 53.4 Å². The molecule has 2 aromatic rings. The Bertz CT molecular complexity index is 1210. The number of sulfonamides is 1. The average molecular weight is 508 g/mol. The van der Waals surface area contributed by atoms with E-state index in [1.54, 1.807) is 0 Å². The summed E-state index contributed by atoms with van der Waals surface area (Å²) in [6.07, 6.45) is -0.764. The molecule has 0 spiro atoms. The van der Waals surface area contributed by atoms with Gasteiger partial charge in [0.2, 0.25) is 21.8 Å². The molecule has 0 radical (unpaired) electrons. The normalized spacial score (nSPS) is 16.1. The molecule has 1 atom stereocenters. The summed E-state index contributed by atoms with van der Waals surface area (Å²) in [6, 6.07) is 10.7. The first kappa shape index (κ1) is 25.3. The number of nitrogens with zero attached hydrogens (tertiary/aromatic N) is 2. The Morgan fingerprint density at radius 2 is 1.68 bits per heavy atom. The number of carbonyl (C=O) groups excluding carboxylic acids is 3. The molecule has 1 unspecified atom stereocenters. The summed E-state index contributed by atoms with van der Waals surface area (Å²) in [4.78, 5) is 51.7. The van der Waals surface area contributed by atoms with Crippen LogP contribution < -0.4 is 10.0 Å². The molecule has 0 aromatic heterocycles. The standard InChI is InChI=1S/C22H22ClN3O7S/c23-15-3-5-16(6-4-15)26-20(28)13-18(22(26)31)25(19(27)9-10-21(29)30)12-11-14-1-7-17(8-2-14)34(24,32)33/h1-8,18H,9-13H2,(H,29,30)(H2,24,32,33). The van der Waals surface area contributed by atoms with Crippen LogP contribution in [0.4, 0.5) is 5.69 Å². The van der Waals surface area contributed by atoms with Crippen molar-refractivity contribution in [1.29, 1.82) is 0 Å². The fourth-order valence-corrected chi connectivity index (χ4v) is 4.27. The summed E-state index contributed by atoms with van der Waals surface area (Å²) >= 11 is 5.88. The summed E-state index contributed by atoms with van der Waals surface area (Å²) in [5, 5.41) is 14.5. The highest BCUT2D eigenvalue weighted by molar-refractivity contribution is 7.89. The summed E-state index contributed by atoms with van der Waals surface area (Å²) in [5.41, 5.74) is 0.980. The van der Waals surface area contributed by atoms with Gasteiger partial charge in [-0.1, -0.05) is 23.7 Å². The van der Waals surface area contributed by atoms with Crippen molar-refractivity contribution < 1.29 is 32.7 Å². The lowest BCUT2D eigenvalue weighted by Crippen LogP contribution is -2.46. The number of carboxylic acid groups (broad SMARTS) is 1. The third kappa shape index (κ3) is 5.99. The number of nitrogens with two attached hydrogens (primary N) is 1. The largest absolute Gasteiger partial charge is 0.481 e. The van der Waals surface area contributed by atoms with E-state index in [9.17, 15) is 27.6 Å². The molecule has 0 saturated carbocycles. The van der Waals surface area contributed by atoms with E-state index >= 15 is 0 Å². The number of anilines is 1. The maximum absolute atomic E-state index is 13.1. The summed E-state index contributed by atoms with van der Waals surface area (Å²) in [6.45, 7) is 0.0192. The van der Waals surface area contributed by atoms with Gasteiger partial charge in [-0.2, -0.15) is 0 Å². The zero-order valence-electron chi connectivity index (χ0n) is 17.9. The molecule has 10 nitrogen and oxygen atoms in total. The zero-order chi connectivity index (χ0) is 25.0. The lowest BCUT2D eigenvalue weighted by Gasteiger charge is -2.28. The van der Waals surface area contributed by atoms with Crippen molar-refractivity contribution in [2.24, 2.45) is 5.14 Å². The highest BCUT2D eigenvalue weighted by Crippen LogP contribution is 2.27. The van der Waals surface area contributed by atoms with Crippen LogP contribution in [0, 0.1) is 0 Å². The highest BCUT2D eigenvalue weighted by atomic mass is 35.5. The number of carbonyl (C=O) groups is 4. The van der Waals surface area contributed by atoms with E-state index < -0.39 is 46.2 Å². The molecule has 34 heavy (non-hydrogen) atoms. The van der Waals surface area contributed by atoms with Gasteiger partial charge in [0.15, 0.2) is 0 Å². The molecular formula is C22H22ClN3O7S. The van der Waals surface area contributed by atoms with Gasteiger partial charge in [0.1, 0.15) is 6.04 Å². The number of aliphatic carboxylic acids is 1. The van der Waals surface area contributed by atoms with Crippen LogP contribution in [0.3, 0.4) is 0 Å². The van der Waals surface area contributed by atoms with Gasteiger partial charge < -0.3 is 10.0 Å². The molecule has 3 N–H and O–H groups in total. The second-order valence-electron chi connectivity index (χ2n) is 7.68. The van der Waals surface area contributed by atoms with E-state index in [0.29, 0.717) is 16.3 Å². The molecule has 0 aliphatic carbocycles. The maximum Gasteiger partial charge on any atom is 0.303 e. The molecule has 3 amide bonds. The van der Waals surface area contributed by atoms with Crippen LogP contribution in [0.25, 0.3) is 0 Å². The molecule has 1 heterocycles. The Labute approximate surface area is 200 Å². The Balaban J connectivity index is 1.81. The van der Waals surface area contributed by atoms with E-state index in [2.05, 4.69) is 0 Å². The molecule has 1 fully saturated rings. The van der Waals surface area contributed by atoms with Gasteiger partial charge in [-0.15, -0.1) is 0 Å². The minimum absolute atomic E-state index is 0.0192. The fraction of sp³-hybridized carbons (Fsp3) is 0.273. The summed E-state index contributed by atoms with van der Waals surface area (Å²) in [5.74, 6) is -2.83. The SMILES string of the molecule is NS(=O)(=O)c1ccc(CCN(C(=O)CCC(=O)O)C2CC(=O)N(c3ccc(Cl)cc3)C2=O)cc1. The number of carboxylic acids is 1. The molecule has 12 heteroatoms. The number of amides is 3. The van der Waals surface area contributed by atoms with Gasteiger partial charge >= 0.3 is 5.97 Å². The number of primary sulfonamides is 1. The lowest BCUT2D eigenvalue weighted by atomic mass is 10.1. The summed E-state index contributed by atoms with van der Waals surface area (Å²) in [7, 11) is -3.86. The molecule has 1 aliphatic rings. The van der Waals surface area contributed by atoms with Crippen LogP contribution >= 0.6 is 11.6 Å². The van der Waals surface area contributed by atoms with Gasteiger partial charge in [0, 0.05) is 18.0 Å². The van der Waals surface area contributed by atoms with E-state index in [0.717, 1.165) is 4.90 Å². The molecule has 180 valence electrons. The van der Waals surface area contributed by atoms with Crippen molar-refractivity contribution in [3.05, 3.63) is 59.1 Å². The number of imide groups is 1. The molecule has 1 saturated heterocycles. The van der Waals surface area contributed by atoms with Gasteiger partial charge in [-0.05, 0) is 48.4 Å². The van der Waals surface area contributed by atoms with Crippen LogP contribution in [0.5, 0.6) is 0 Å². The number of benzene rings is 2. The molecule has 1 aliphatic heterocycles. The smallest absolute Gasteiger partial charge is 0.303 e. The third-order valence-electron chi connectivity index (χ3n) is 5.35. The second kappa shape index (κ2) is 10.3. The number of hydrogen-bond acceptors (Lipinski definition) is 6. The van der Waals surface area contributed by atoms with Crippen LogP contribution in [-0.2, 0) is 35.6 Å².